The summed E-state index contributed by atoms with van der Waals surface area (Å²) >= 11 is 0. The molecular weight excluding hydrogens is 693 g/mol. The van der Waals surface area contributed by atoms with Crippen LogP contribution in [0.25, 0.3) is 10.8 Å². The third-order valence-corrected chi connectivity index (χ3v) is 12.1. The van der Waals surface area contributed by atoms with E-state index in [0.29, 0.717) is 55.5 Å². The van der Waals surface area contributed by atoms with E-state index >= 15 is 13.2 Å². The maximum Gasteiger partial charge on any atom is 0.408 e. The number of aryl methyl sites for hydroxylation is 1. The molecule has 1 aromatic heterocycles. The number of piperazine rings is 1. The third kappa shape index (κ3) is 7.87. The van der Waals surface area contributed by atoms with Crippen LogP contribution in [0.2, 0.25) is 0 Å². The second-order valence-electron chi connectivity index (χ2n) is 15.6. The van der Waals surface area contributed by atoms with Crippen molar-refractivity contribution in [3.8, 4) is 12.1 Å². The number of carbonyl (C=O) groups is 1. The van der Waals surface area contributed by atoms with Crippen LogP contribution in [0, 0.1) is 18.3 Å². The molecule has 1 unspecified atom stereocenters. The Kier molecular flexibility index (Phi) is 11.1. The van der Waals surface area contributed by atoms with Gasteiger partial charge in [-0.3, -0.25) is 14.6 Å². The highest BCUT2D eigenvalue weighted by Crippen LogP contribution is 2.41. The second kappa shape index (κ2) is 15.7. The van der Waals surface area contributed by atoms with Crippen molar-refractivity contribution in [2.45, 2.75) is 89.1 Å². The maximum atomic E-state index is 15.1. The van der Waals surface area contributed by atoms with Gasteiger partial charge in [0.15, 0.2) is 0 Å². The van der Waals surface area contributed by atoms with Crippen molar-refractivity contribution >= 4 is 28.2 Å². The number of ether oxygens (including phenoxy) is 1. The SMILES string of the molecule is Cc1cccc2cccc(N3Cc4nc(OCC5(C)CCCN5C)nc(N5CCN(C(=O)/C=C/CN6CCCC6)[C@@H](CC#N)C5)c4CC[C@@H]3C(F)(F)F)c12. The molecule has 4 aliphatic heterocycles. The van der Waals surface area contributed by atoms with Crippen molar-refractivity contribution in [3.05, 3.63) is 65.4 Å². The van der Waals surface area contributed by atoms with Gasteiger partial charge in [0.1, 0.15) is 18.5 Å². The molecule has 0 spiro atoms. The fourth-order valence-electron chi connectivity index (χ4n) is 8.80. The first-order valence-electron chi connectivity index (χ1n) is 19.3. The second-order valence-corrected chi connectivity index (χ2v) is 15.6. The van der Waals surface area contributed by atoms with Gasteiger partial charge < -0.3 is 19.4 Å². The molecule has 0 N–H and O–H groups in total. The average molecular weight is 745 g/mol. The normalized spacial score (nSPS) is 24.3. The van der Waals surface area contributed by atoms with Crippen LogP contribution in [0.1, 0.15) is 62.3 Å². The molecule has 1 amide bonds. The van der Waals surface area contributed by atoms with E-state index in [1.165, 1.54) is 17.7 Å². The number of hydrogen-bond donors (Lipinski definition) is 0. The minimum absolute atomic E-state index is 0.0854. The number of nitriles is 1. The molecule has 3 aromatic rings. The van der Waals surface area contributed by atoms with E-state index in [0.717, 1.165) is 48.8 Å². The number of hydrogen-bond acceptors (Lipinski definition) is 9. The van der Waals surface area contributed by atoms with Crippen LogP contribution in [0.15, 0.2) is 48.6 Å². The van der Waals surface area contributed by atoms with Crippen LogP contribution in [-0.2, 0) is 17.8 Å². The highest BCUT2D eigenvalue weighted by atomic mass is 19.4. The number of rotatable bonds is 9. The van der Waals surface area contributed by atoms with Gasteiger partial charge in [0.05, 0.1) is 36.3 Å². The Morgan fingerprint density at radius 3 is 2.57 bits per heavy atom. The van der Waals surface area contributed by atoms with E-state index in [9.17, 15) is 10.1 Å². The number of fused-ring (bicyclic) bond motifs is 2. The van der Waals surface area contributed by atoms with E-state index in [-0.39, 0.29) is 43.3 Å². The van der Waals surface area contributed by atoms with Gasteiger partial charge in [0, 0.05) is 48.9 Å². The molecule has 2 aromatic carbocycles. The number of aromatic nitrogens is 2. The molecule has 0 aliphatic carbocycles. The van der Waals surface area contributed by atoms with Crippen molar-refractivity contribution in [3.63, 3.8) is 0 Å². The molecule has 3 fully saturated rings. The van der Waals surface area contributed by atoms with Crippen LogP contribution in [-0.4, -0.2) is 114 Å². The molecule has 0 radical (unpaired) electrons. The summed E-state index contributed by atoms with van der Waals surface area (Å²) in [6, 6.07) is 11.5. The van der Waals surface area contributed by atoms with E-state index in [1.54, 1.807) is 17.0 Å². The lowest BCUT2D eigenvalue weighted by Crippen LogP contribution is -2.55. The lowest BCUT2D eigenvalue weighted by Gasteiger charge is -2.41. The summed E-state index contributed by atoms with van der Waals surface area (Å²) in [5, 5.41) is 11.5. The first-order chi connectivity index (χ1) is 25.9. The number of likely N-dealkylation sites (N-methyl/N-ethyl adjacent to an activating group) is 1. The van der Waals surface area contributed by atoms with Crippen LogP contribution in [0.4, 0.5) is 24.7 Å². The number of likely N-dealkylation sites (tertiary alicyclic amines) is 2. The summed E-state index contributed by atoms with van der Waals surface area (Å²) in [6.45, 7) is 9.12. The standard InChI is InChI=1S/C41H51F3N8O2/c1-29-10-6-11-30-12-7-13-34(37(29)30)52-27-33-32(15-16-35(52)41(42,43)44)38(47-39(46-33)54-28-40(2)18-9-20-48(40)3)50-24-25-51(31(26-50)17-19-45)36(53)14-8-23-49-21-4-5-22-49/h6-8,10-14,31,35H,4-5,9,15-18,20-28H2,1-3H3/b14-8+/t31-,35+,40?/m0/s1. The number of alkyl halides is 3. The number of nitrogens with zero attached hydrogens (tertiary/aromatic N) is 8. The Hall–Kier alpha value is -4.41. The van der Waals surface area contributed by atoms with Crippen molar-refractivity contribution < 1.29 is 22.7 Å². The monoisotopic (exact) mass is 744 g/mol. The summed E-state index contributed by atoms with van der Waals surface area (Å²) in [5.41, 5.74) is 2.34. The smallest absolute Gasteiger partial charge is 0.408 e. The number of anilines is 2. The van der Waals surface area contributed by atoms with Gasteiger partial charge in [-0.25, -0.2) is 0 Å². The number of amides is 1. The molecule has 54 heavy (non-hydrogen) atoms. The highest BCUT2D eigenvalue weighted by molar-refractivity contribution is 5.97. The molecule has 10 nitrogen and oxygen atoms in total. The van der Waals surface area contributed by atoms with Gasteiger partial charge in [-0.15, -0.1) is 0 Å². The van der Waals surface area contributed by atoms with Crippen LogP contribution >= 0.6 is 0 Å². The van der Waals surface area contributed by atoms with Crippen LogP contribution in [0.5, 0.6) is 6.01 Å². The predicted octanol–water partition coefficient (Wildman–Crippen LogP) is 6.27. The number of halogens is 3. The Labute approximate surface area is 316 Å². The van der Waals surface area contributed by atoms with E-state index in [2.05, 4.69) is 29.8 Å². The summed E-state index contributed by atoms with van der Waals surface area (Å²) < 4.78 is 51.8. The molecule has 3 saturated heterocycles. The minimum atomic E-state index is -4.51. The van der Waals surface area contributed by atoms with Gasteiger partial charge in [0.25, 0.3) is 0 Å². The van der Waals surface area contributed by atoms with E-state index < -0.39 is 18.3 Å². The third-order valence-electron chi connectivity index (χ3n) is 12.1. The lowest BCUT2D eigenvalue weighted by molar-refractivity contribution is -0.150. The minimum Gasteiger partial charge on any atom is -0.461 e. The number of benzene rings is 2. The van der Waals surface area contributed by atoms with Gasteiger partial charge in [-0.05, 0) is 96.1 Å². The van der Waals surface area contributed by atoms with Gasteiger partial charge in [-0.1, -0.05) is 36.4 Å². The molecule has 4 aliphatic rings. The van der Waals surface area contributed by atoms with Crippen molar-refractivity contribution in [2.24, 2.45) is 0 Å². The molecule has 5 heterocycles. The van der Waals surface area contributed by atoms with Crippen molar-refractivity contribution in [1.29, 1.82) is 5.26 Å². The summed E-state index contributed by atoms with van der Waals surface area (Å²) in [7, 11) is 2.07. The Balaban J connectivity index is 1.24. The average Bonchev–Trinajstić information content (AvgIpc) is 3.73. The van der Waals surface area contributed by atoms with E-state index in [1.807, 2.05) is 48.2 Å². The zero-order chi connectivity index (χ0) is 38.0. The molecule has 13 heteroatoms. The van der Waals surface area contributed by atoms with E-state index in [4.69, 9.17) is 14.7 Å². The quantitative estimate of drug-likeness (QED) is 0.235. The first kappa shape index (κ1) is 37.9. The van der Waals surface area contributed by atoms with Crippen LogP contribution in [0.3, 0.4) is 0 Å². The Morgan fingerprint density at radius 1 is 1.07 bits per heavy atom. The van der Waals surface area contributed by atoms with Gasteiger partial charge >= 0.3 is 12.2 Å². The molecule has 288 valence electrons. The molecule has 0 bridgehead atoms. The van der Waals surface area contributed by atoms with Gasteiger partial charge in [-0.2, -0.15) is 28.4 Å². The zero-order valence-corrected chi connectivity index (χ0v) is 31.6. The molecular formula is C41H51F3N8O2. The predicted molar refractivity (Wildman–Crippen MR) is 204 cm³/mol. The fraction of sp³-hybridized carbons (Fsp3) is 0.561. The Morgan fingerprint density at radius 2 is 1.85 bits per heavy atom. The van der Waals surface area contributed by atoms with Crippen molar-refractivity contribution in [1.82, 2.24) is 24.7 Å². The highest BCUT2D eigenvalue weighted by Gasteiger charge is 2.46. The topological polar surface area (TPSA) is 92.1 Å². The van der Waals surface area contributed by atoms with Crippen molar-refractivity contribution in [2.75, 3.05) is 69.3 Å². The van der Waals surface area contributed by atoms with Gasteiger partial charge in [0.2, 0.25) is 5.91 Å². The zero-order valence-electron chi connectivity index (χ0n) is 31.6. The lowest BCUT2D eigenvalue weighted by atomic mass is 10.0. The maximum absolute atomic E-state index is 15.1. The molecule has 3 atom stereocenters. The number of carbonyl (C=O) groups excluding carboxylic acids is 1. The van der Waals surface area contributed by atoms with Crippen LogP contribution < -0.4 is 14.5 Å². The summed E-state index contributed by atoms with van der Waals surface area (Å²) in [4.78, 5) is 33.1. The largest absolute Gasteiger partial charge is 0.461 e. The first-order valence-corrected chi connectivity index (χ1v) is 19.3. The molecule has 7 rings (SSSR count). The Bertz CT molecular complexity index is 1900. The molecule has 0 saturated carbocycles. The fourth-order valence-corrected chi connectivity index (χ4v) is 8.80. The summed E-state index contributed by atoms with van der Waals surface area (Å²) in [5.74, 6) is 0.388. The summed E-state index contributed by atoms with van der Waals surface area (Å²) in [6.07, 6.45) is 3.38.